The van der Waals surface area contributed by atoms with Gasteiger partial charge in [-0.1, -0.05) is 40.7 Å². The third kappa shape index (κ3) is 3.72. The van der Waals surface area contributed by atoms with E-state index in [-0.39, 0.29) is 50.1 Å². The maximum Gasteiger partial charge on any atom is 0.306 e. The van der Waals surface area contributed by atoms with E-state index in [4.69, 9.17) is 9.47 Å². The first-order valence-corrected chi connectivity index (χ1v) is 11.6. The summed E-state index contributed by atoms with van der Waals surface area (Å²) in [6, 6.07) is 0. The molecule has 0 aromatic rings. The Kier molecular flexibility index (Phi) is 6.63. The number of hydrogen-bond donors (Lipinski definition) is 3. The minimum atomic E-state index is -1.35. The van der Waals surface area contributed by atoms with E-state index in [0.717, 1.165) is 0 Å². The Morgan fingerprint density at radius 2 is 1.77 bits per heavy atom. The smallest absolute Gasteiger partial charge is 0.306 e. The second-order valence-electron chi connectivity index (χ2n) is 10.2. The summed E-state index contributed by atoms with van der Waals surface area (Å²) >= 11 is 0. The van der Waals surface area contributed by atoms with E-state index < -0.39 is 40.7 Å². The number of carbonyl (C=O) groups is 2. The molecule has 2 saturated carbocycles. The minimum absolute atomic E-state index is 0.103. The first-order valence-electron chi connectivity index (χ1n) is 11.6. The van der Waals surface area contributed by atoms with Crippen molar-refractivity contribution in [1.29, 1.82) is 0 Å². The van der Waals surface area contributed by atoms with Gasteiger partial charge in [0.15, 0.2) is 5.60 Å². The molecule has 7 atom stereocenters. The van der Waals surface area contributed by atoms with E-state index >= 15 is 0 Å². The lowest BCUT2D eigenvalue weighted by atomic mass is 9.64. The third-order valence-electron chi connectivity index (χ3n) is 7.89. The molecule has 0 bridgehead atoms. The molecule has 2 fully saturated rings. The second kappa shape index (κ2) is 8.49. The summed E-state index contributed by atoms with van der Waals surface area (Å²) in [5, 5.41) is 32.3. The number of fused-ring (bicyclic) bond motifs is 3. The molecule has 0 radical (unpaired) electrons. The van der Waals surface area contributed by atoms with E-state index in [1.54, 1.807) is 6.92 Å². The summed E-state index contributed by atoms with van der Waals surface area (Å²) in [6.07, 6.45) is 2.38. The minimum Gasteiger partial charge on any atom is -0.458 e. The van der Waals surface area contributed by atoms with Crippen molar-refractivity contribution in [1.82, 2.24) is 0 Å². The van der Waals surface area contributed by atoms with Gasteiger partial charge in [0.1, 0.15) is 6.10 Å². The van der Waals surface area contributed by atoms with E-state index in [1.165, 1.54) is 0 Å². The number of rotatable bonds is 7. The van der Waals surface area contributed by atoms with Crippen LogP contribution in [0.15, 0.2) is 11.6 Å². The van der Waals surface area contributed by atoms with E-state index in [9.17, 15) is 24.9 Å². The number of esters is 2. The molecular formula is C24H38O7. The molecule has 0 spiro atoms. The molecule has 7 nitrogen and oxygen atoms in total. The first-order chi connectivity index (χ1) is 14.5. The fourth-order valence-electron chi connectivity index (χ4n) is 6.33. The molecule has 3 aliphatic rings. The molecule has 0 saturated heterocycles. The number of aliphatic hydroxyl groups excluding tert-OH is 2. The summed E-state index contributed by atoms with van der Waals surface area (Å²) in [6.45, 7) is 9.34. The Morgan fingerprint density at radius 3 is 2.35 bits per heavy atom. The average Bonchev–Trinajstić information content (AvgIpc) is 3.20. The lowest BCUT2D eigenvalue weighted by Crippen LogP contribution is -2.61. The highest BCUT2D eigenvalue weighted by Crippen LogP contribution is 2.76. The molecular weight excluding hydrogens is 400 g/mol. The molecule has 0 amide bonds. The summed E-state index contributed by atoms with van der Waals surface area (Å²) < 4.78 is 12.1. The molecule has 3 aliphatic carbocycles. The van der Waals surface area contributed by atoms with Crippen molar-refractivity contribution in [3.63, 3.8) is 0 Å². The zero-order chi connectivity index (χ0) is 23.2. The van der Waals surface area contributed by atoms with Gasteiger partial charge in [-0.25, -0.2) is 0 Å². The highest BCUT2D eigenvalue weighted by atomic mass is 16.6. The highest BCUT2D eigenvalue weighted by molar-refractivity contribution is 5.72. The van der Waals surface area contributed by atoms with Crippen molar-refractivity contribution in [2.45, 2.75) is 96.6 Å². The topological polar surface area (TPSA) is 113 Å². The van der Waals surface area contributed by atoms with Gasteiger partial charge in [0.2, 0.25) is 0 Å². The van der Waals surface area contributed by atoms with Crippen LogP contribution in [0.5, 0.6) is 0 Å². The van der Waals surface area contributed by atoms with Gasteiger partial charge in [-0.05, 0) is 24.8 Å². The van der Waals surface area contributed by atoms with Crippen molar-refractivity contribution < 1.29 is 34.4 Å². The lowest BCUT2D eigenvalue weighted by Gasteiger charge is -2.49. The van der Waals surface area contributed by atoms with Gasteiger partial charge in [0, 0.05) is 42.4 Å². The van der Waals surface area contributed by atoms with Crippen molar-refractivity contribution in [3.05, 3.63) is 11.6 Å². The lowest BCUT2D eigenvalue weighted by molar-refractivity contribution is -0.215. The molecule has 0 aliphatic heterocycles. The normalized spacial score (nSPS) is 40.6. The van der Waals surface area contributed by atoms with Gasteiger partial charge in [-0.2, -0.15) is 0 Å². The number of hydrogen-bond acceptors (Lipinski definition) is 7. The van der Waals surface area contributed by atoms with Crippen molar-refractivity contribution in [2.75, 3.05) is 6.61 Å². The Balaban J connectivity index is 2.11. The Labute approximate surface area is 184 Å². The molecule has 7 heteroatoms. The van der Waals surface area contributed by atoms with Crippen LogP contribution in [-0.4, -0.2) is 57.3 Å². The van der Waals surface area contributed by atoms with Crippen molar-refractivity contribution >= 4 is 11.9 Å². The average molecular weight is 439 g/mol. The summed E-state index contributed by atoms with van der Waals surface area (Å²) in [4.78, 5) is 25.2. The Hall–Kier alpha value is -1.44. The van der Waals surface area contributed by atoms with E-state index in [1.807, 2.05) is 33.8 Å². The second-order valence-corrected chi connectivity index (χ2v) is 10.2. The van der Waals surface area contributed by atoms with Gasteiger partial charge in [0.25, 0.3) is 0 Å². The number of carbonyl (C=O) groups excluding carboxylic acids is 2. The Bertz CT molecular complexity index is 744. The van der Waals surface area contributed by atoms with Crippen LogP contribution in [-0.2, 0) is 19.1 Å². The first kappa shape index (κ1) is 24.2. The van der Waals surface area contributed by atoms with Crippen molar-refractivity contribution in [2.24, 2.45) is 23.2 Å². The highest BCUT2D eigenvalue weighted by Gasteiger charge is 2.86. The molecule has 0 heterocycles. The largest absolute Gasteiger partial charge is 0.458 e. The molecule has 0 aromatic heterocycles. The van der Waals surface area contributed by atoms with Crippen LogP contribution in [0.3, 0.4) is 0 Å². The summed E-state index contributed by atoms with van der Waals surface area (Å²) in [5.41, 5.74) is -2.29. The third-order valence-corrected chi connectivity index (χ3v) is 7.89. The monoisotopic (exact) mass is 438 g/mol. The van der Waals surface area contributed by atoms with Gasteiger partial charge in [-0.15, -0.1) is 0 Å². The van der Waals surface area contributed by atoms with Crippen LogP contribution >= 0.6 is 0 Å². The molecule has 176 valence electrons. The summed E-state index contributed by atoms with van der Waals surface area (Å²) in [7, 11) is 0. The number of ether oxygens (including phenoxy) is 2. The van der Waals surface area contributed by atoms with Crippen LogP contribution < -0.4 is 0 Å². The standard InChI is InChI=1S/C24H38O7/c1-6-8-18(27)30-21-14(3)23(29)12-16(26)10-15(13-25)11-17(23)20-22(4,5)24(20,21)31-19(28)9-7-2/h11,14,16-17,20-21,25-26,29H,6-10,12-13H2,1-5H3/t14-,16+,17+,20-,21-,23-,24-/m1/s1. The maximum absolute atomic E-state index is 12.7. The van der Waals surface area contributed by atoms with Crippen LogP contribution in [0.4, 0.5) is 0 Å². The van der Waals surface area contributed by atoms with Crippen LogP contribution in [0.2, 0.25) is 0 Å². The fraction of sp³-hybridized carbons (Fsp3) is 0.833. The van der Waals surface area contributed by atoms with E-state index in [0.29, 0.717) is 18.4 Å². The SMILES string of the molecule is CCCC(=O)O[C@@H]1[C@@H](C)[C@]2(O)C[C@@H](O)CC(CO)=C[C@H]2[C@@H]2C(C)(C)[C@]12OC(=O)CCC. The predicted molar refractivity (Wildman–Crippen MR) is 114 cm³/mol. The van der Waals surface area contributed by atoms with Crippen LogP contribution in [0.25, 0.3) is 0 Å². The zero-order valence-corrected chi connectivity index (χ0v) is 19.4. The fourth-order valence-corrected chi connectivity index (χ4v) is 6.33. The van der Waals surface area contributed by atoms with Gasteiger partial charge < -0.3 is 24.8 Å². The predicted octanol–water partition coefficient (Wildman–Crippen LogP) is 2.51. The summed E-state index contributed by atoms with van der Waals surface area (Å²) in [5.74, 6) is -2.03. The van der Waals surface area contributed by atoms with Gasteiger partial charge in [-0.3, -0.25) is 9.59 Å². The molecule has 3 N–H and O–H groups in total. The maximum atomic E-state index is 12.7. The van der Waals surface area contributed by atoms with E-state index in [2.05, 4.69) is 0 Å². The number of aliphatic hydroxyl groups is 3. The molecule has 3 rings (SSSR count). The molecule has 31 heavy (non-hydrogen) atoms. The molecule has 0 aromatic carbocycles. The van der Waals surface area contributed by atoms with Crippen LogP contribution in [0.1, 0.15) is 73.1 Å². The van der Waals surface area contributed by atoms with Gasteiger partial charge in [0.05, 0.1) is 18.3 Å². The van der Waals surface area contributed by atoms with Crippen molar-refractivity contribution in [3.8, 4) is 0 Å². The molecule has 0 unspecified atom stereocenters. The van der Waals surface area contributed by atoms with Crippen LogP contribution in [0, 0.1) is 23.2 Å². The Morgan fingerprint density at radius 1 is 1.16 bits per heavy atom. The zero-order valence-electron chi connectivity index (χ0n) is 19.4. The van der Waals surface area contributed by atoms with Gasteiger partial charge >= 0.3 is 11.9 Å². The quantitative estimate of drug-likeness (QED) is 0.413.